The maximum atomic E-state index is 7.14. The van der Waals surface area contributed by atoms with E-state index in [1.54, 1.807) is 0 Å². The standard InChI is InChI=1S/C6H13N/c1-3-5-6(7)4-2/h7H,3-5H2,1-2H3. The van der Waals surface area contributed by atoms with E-state index in [4.69, 9.17) is 5.41 Å². The number of nitrogens with one attached hydrogen (secondary N) is 1. The van der Waals surface area contributed by atoms with E-state index in [0.717, 1.165) is 25.0 Å². The molecule has 1 N–H and O–H groups in total. The molecule has 0 heterocycles. The van der Waals surface area contributed by atoms with E-state index in [1.807, 2.05) is 6.92 Å². The lowest BCUT2D eigenvalue weighted by Gasteiger charge is -1.91. The van der Waals surface area contributed by atoms with E-state index in [9.17, 15) is 0 Å². The largest absolute Gasteiger partial charge is 0.310 e. The van der Waals surface area contributed by atoms with Crippen molar-refractivity contribution in [3.63, 3.8) is 0 Å². The van der Waals surface area contributed by atoms with Crippen molar-refractivity contribution in [2.75, 3.05) is 0 Å². The number of rotatable bonds is 3. The van der Waals surface area contributed by atoms with Crippen LogP contribution in [0.15, 0.2) is 0 Å². The zero-order valence-electron chi connectivity index (χ0n) is 5.12. The van der Waals surface area contributed by atoms with Gasteiger partial charge in [-0.15, -0.1) is 0 Å². The van der Waals surface area contributed by atoms with Gasteiger partial charge >= 0.3 is 0 Å². The zero-order chi connectivity index (χ0) is 5.70. The molecule has 0 atom stereocenters. The van der Waals surface area contributed by atoms with E-state index in [1.165, 1.54) is 0 Å². The lowest BCUT2D eigenvalue weighted by molar-refractivity contribution is 0.958. The Morgan fingerprint density at radius 3 is 2.14 bits per heavy atom. The molecule has 0 aliphatic heterocycles. The van der Waals surface area contributed by atoms with Crippen molar-refractivity contribution < 1.29 is 0 Å². The highest BCUT2D eigenvalue weighted by atomic mass is 14.4. The van der Waals surface area contributed by atoms with Crippen molar-refractivity contribution in [3.05, 3.63) is 0 Å². The first-order chi connectivity index (χ1) is 3.31. The Morgan fingerprint density at radius 2 is 2.00 bits per heavy atom. The van der Waals surface area contributed by atoms with Crippen LogP contribution in [0.3, 0.4) is 0 Å². The van der Waals surface area contributed by atoms with E-state index in [-0.39, 0.29) is 0 Å². The second-order valence-corrected chi connectivity index (χ2v) is 1.71. The highest BCUT2D eigenvalue weighted by Crippen LogP contribution is 1.91. The minimum atomic E-state index is 0.877. The van der Waals surface area contributed by atoms with Gasteiger partial charge in [0.15, 0.2) is 0 Å². The van der Waals surface area contributed by atoms with Crippen molar-refractivity contribution in [2.24, 2.45) is 0 Å². The summed E-state index contributed by atoms with van der Waals surface area (Å²) >= 11 is 0. The van der Waals surface area contributed by atoms with Gasteiger partial charge in [-0.05, 0) is 12.8 Å². The molecule has 0 saturated heterocycles. The van der Waals surface area contributed by atoms with E-state index >= 15 is 0 Å². The minimum absolute atomic E-state index is 0.877. The van der Waals surface area contributed by atoms with E-state index in [0.29, 0.717) is 0 Å². The fourth-order valence-corrected chi connectivity index (χ4v) is 0.479. The van der Waals surface area contributed by atoms with Crippen LogP contribution in [0.25, 0.3) is 0 Å². The quantitative estimate of drug-likeness (QED) is 0.524. The summed E-state index contributed by atoms with van der Waals surface area (Å²) in [5, 5.41) is 7.14. The molecule has 0 bridgehead atoms. The van der Waals surface area contributed by atoms with Gasteiger partial charge in [0, 0.05) is 5.71 Å². The molecule has 1 heteroatoms. The molecule has 0 amide bonds. The fourth-order valence-electron chi connectivity index (χ4n) is 0.479. The van der Waals surface area contributed by atoms with Crippen molar-refractivity contribution in [2.45, 2.75) is 33.1 Å². The summed E-state index contributed by atoms with van der Waals surface area (Å²) in [5.41, 5.74) is 0.877. The SMILES string of the molecule is CCCC(=N)CC. The molecule has 0 aromatic carbocycles. The van der Waals surface area contributed by atoms with Gasteiger partial charge in [-0.3, -0.25) is 0 Å². The molecular formula is C6H13N. The van der Waals surface area contributed by atoms with Gasteiger partial charge in [0.2, 0.25) is 0 Å². The van der Waals surface area contributed by atoms with Crippen LogP contribution in [0, 0.1) is 5.41 Å². The second-order valence-electron chi connectivity index (χ2n) is 1.71. The third-order valence-corrected chi connectivity index (χ3v) is 0.979. The highest BCUT2D eigenvalue weighted by Gasteiger charge is 1.86. The molecule has 0 saturated carbocycles. The van der Waals surface area contributed by atoms with Crippen molar-refractivity contribution >= 4 is 5.71 Å². The third kappa shape index (κ3) is 3.50. The number of hydrogen-bond acceptors (Lipinski definition) is 1. The molecule has 0 rings (SSSR count). The van der Waals surface area contributed by atoms with E-state index < -0.39 is 0 Å². The summed E-state index contributed by atoms with van der Waals surface area (Å²) in [7, 11) is 0. The summed E-state index contributed by atoms with van der Waals surface area (Å²) in [4.78, 5) is 0. The Bertz CT molecular complexity index is 57.2. The smallest absolute Gasteiger partial charge is 0.00863 e. The molecule has 0 aromatic heterocycles. The van der Waals surface area contributed by atoms with Crippen LogP contribution < -0.4 is 0 Å². The molecule has 0 aliphatic rings. The van der Waals surface area contributed by atoms with Crippen molar-refractivity contribution in [3.8, 4) is 0 Å². The second kappa shape index (κ2) is 3.85. The monoisotopic (exact) mass is 99.1 g/mol. The third-order valence-electron chi connectivity index (χ3n) is 0.979. The fraction of sp³-hybridized carbons (Fsp3) is 0.833. The van der Waals surface area contributed by atoms with Crippen LogP contribution in [0.5, 0.6) is 0 Å². The normalized spacial score (nSPS) is 8.86. The lowest BCUT2D eigenvalue weighted by atomic mass is 10.2. The topological polar surface area (TPSA) is 23.9 Å². The maximum Gasteiger partial charge on any atom is 0.00863 e. The van der Waals surface area contributed by atoms with Crippen molar-refractivity contribution in [1.82, 2.24) is 0 Å². The Kier molecular flexibility index (Phi) is 3.67. The van der Waals surface area contributed by atoms with E-state index in [2.05, 4.69) is 6.92 Å². The maximum absolute atomic E-state index is 7.14. The predicted octanol–water partition coefficient (Wildman–Crippen LogP) is 2.22. The Labute approximate surface area is 45.2 Å². The van der Waals surface area contributed by atoms with Gasteiger partial charge in [-0.1, -0.05) is 20.3 Å². The predicted molar refractivity (Wildman–Crippen MR) is 32.9 cm³/mol. The van der Waals surface area contributed by atoms with Gasteiger partial charge in [0.1, 0.15) is 0 Å². The van der Waals surface area contributed by atoms with Crippen LogP contribution in [-0.2, 0) is 0 Å². The average Bonchev–Trinajstić information content (AvgIpc) is 1.68. The van der Waals surface area contributed by atoms with Crippen LogP contribution in [0.1, 0.15) is 33.1 Å². The van der Waals surface area contributed by atoms with Gasteiger partial charge in [0.05, 0.1) is 0 Å². The summed E-state index contributed by atoms with van der Waals surface area (Å²) < 4.78 is 0. The Hall–Kier alpha value is -0.330. The summed E-state index contributed by atoms with van der Waals surface area (Å²) in [6.07, 6.45) is 3.02. The Balaban J connectivity index is 3.00. The van der Waals surface area contributed by atoms with Gasteiger partial charge < -0.3 is 5.41 Å². The van der Waals surface area contributed by atoms with Crippen LogP contribution >= 0.6 is 0 Å². The molecule has 0 fully saturated rings. The molecule has 0 unspecified atom stereocenters. The van der Waals surface area contributed by atoms with Crippen LogP contribution in [-0.4, -0.2) is 5.71 Å². The van der Waals surface area contributed by atoms with Gasteiger partial charge in [-0.2, -0.15) is 0 Å². The van der Waals surface area contributed by atoms with Crippen molar-refractivity contribution in [1.29, 1.82) is 5.41 Å². The number of hydrogen-bond donors (Lipinski definition) is 1. The zero-order valence-corrected chi connectivity index (χ0v) is 5.12. The first kappa shape index (κ1) is 6.67. The van der Waals surface area contributed by atoms with Gasteiger partial charge in [0.25, 0.3) is 0 Å². The van der Waals surface area contributed by atoms with Crippen LogP contribution in [0.2, 0.25) is 0 Å². The molecule has 0 radical (unpaired) electrons. The molecule has 42 valence electrons. The molecule has 0 aromatic rings. The molecule has 7 heavy (non-hydrogen) atoms. The molecular weight excluding hydrogens is 86.1 g/mol. The first-order valence-electron chi connectivity index (χ1n) is 2.87. The van der Waals surface area contributed by atoms with Crippen LogP contribution in [0.4, 0.5) is 0 Å². The summed E-state index contributed by atoms with van der Waals surface area (Å²) in [6, 6.07) is 0. The molecule has 1 nitrogen and oxygen atoms in total. The summed E-state index contributed by atoms with van der Waals surface area (Å²) in [6.45, 7) is 4.13. The first-order valence-corrected chi connectivity index (χ1v) is 2.87. The molecule has 0 aliphatic carbocycles. The minimum Gasteiger partial charge on any atom is -0.310 e. The summed E-state index contributed by atoms with van der Waals surface area (Å²) in [5.74, 6) is 0. The average molecular weight is 99.2 g/mol. The molecule has 0 spiro atoms. The Morgan fingerprint density at radius 1 is 1.43 bits per heavy atom. The van der Waals surface area contributed by atoms with Gasteiger partial charge in [-0.25, -0.2) is 0 Å². The lowest BCUT2D eigenvalue weighted by Crippen LogP contribution is -1.89. The highest BCUT2D eigenvalue weighted by molar-refractivity contribution is 5.80.